The average Bonchev–Trinajstić information content (AvgIpc) is 3.55. The van der Waals surface area contributed by atoms with Crippen LogP contribution >= 0.6 is 11.6 Å². The molecule has 2 aromatic rings. The molecule has 0 aromatic heterocycles. The van der Waals surface area contributed by atoms with E-state index in [0.717, 1.165) is 12.5 Å². The first-order chi connectivity index (χ1) is 17.5. The van der Waals surface area contributed by atoms with Gasteiger partial charge in [-0.25, -0.2) is 21.6 Å². The Hall–Kier alpha value is -2.89. The molecule has 196 valence electrons. The summed E-state index contributed by atoms with van der Waals surface area (Å²) in [5, 5.41) is 16.4. The van der Waals surface area contributed by atoms with Gasteiger partial charge in [0.2, 0.25) is 0 Å². The summed E-state index contributed by atoms with van der Waals surface area (Å²) in [6, 6.07) is 4.80. The molecule has 4 aliphatic carbocycles. The minimum atomic E-state index is -4.12. The van der Waals surface area contributed by atoms with Crippen LogP contribution in [0.25, 0.3) is 0 Å². The molecule has 4 aliphatic rings. The van der Waals surface area contributed by atoms with Gasteiger partial charge in [-0.05, 0) is 42.9 Å². The van der Waals surface area contributed by atoms with E-state index in [-0.39, 0.29) is 45.5 Å². The molecule has 37 heavy (non-hydrogen) atoms. The molecule has 0 radical (unpaired) electrons. The first kappa shape index (κ1) is 25.7. The highest BCUT2D eigenvalue weighted by Gasteiger charge is 2.78. The van der Waals surface area contributed by atoms with Gasteiger partial charge in [0, 0.05) is 35.2 Å². The number of benzene rings is 2. The summed E-state index contributed by atoms with van der Waals surface area (Å²) in [4.78, 5) is 17.5. The number of oxime groups is 1. The zero-order valence-electron chi connectivity index (χ0n) is 19.2. The van der Waals surface area contributed by atoms with Crippen molar-refractivity contribution in [3.8, 4) is 0 Å². The van der Waals surface area contributed by atoms with Crippen LogP contribution in [-0.4, -0.2) is 43.1 Å². The van der Waals surface area contributed by atoms with Gasteiger partial charge in [0.1, 0.15) is 12.2 Å². The van der Waals surface area contributed by atoms with Crippen LogP contribution < -0.4 is 5.32 Å². The number of rotatable bonds is 8. The van der Waals surface area contributed by atoms with Crippen molar-refractivity contribution in [3.63, 3.8) is 0 Å². The second-order valence-corrected chi connectivity index (χ2v) is 12.0. The summed E-state index contributed by atoms with van der Waals surface area (Å²) in [6.07, 6.45) is 4.02. The molecule has 6 atom stereocenters. The van der Waals surface area contributed by atoms with Crippen LogP contribution in [0.2, 0.25) is 5.02 Å². The average molecular weight is 555 g/mol. The number of amides is 1. The number of aliphatic hydroxyl groups is 1. The number of fused-ring (bicyclic) bond motifs is 1. The molecule has 4 unspecified atom stereocenters. The second kappa shape index (κ2) is 9.14. The standard InChI is InChI=1S/C25H22ClF3N2O5S/c1-2-7-36-30-11-25(33)15-5-4-14-20(21(14)25)23(15)37(34,35)19-8-12(3-6-16(19)26)24(32)31-13-9-17(27)22(29)18(28)10-13/h2-3,6,8-11,14-15,20-21,23,33H,1,4-5,7H2,(H,31,32)/b30-11+/t14?,15?,20?,21?,23-,25-/m0/s1. The normalized spacial score (nSPS) is 29.8. The monoisotopic (exact) mass is 554 g/mol. The smallest absolute Gasteiger partial charge is 0.255 e. The summed E-state index contributed by atoms with van der Waals surface area (Å²) in [5.41, 5.74) is -1.94. The number of hydrogen-bond donors (Lipinski definition) is 2. The minimum Gasteiger partial charge on any atom is -0.392 e. The number of carbonyl (C=O) groups is 1. The van der Waals surface area contributed by atoms with E-state index in [9.17, 15) is 31.5 Å². The number of halogens is 4. The highest BCUT2D eigenvalue weighted by molar-refractivity contribution is 7.92. The molecule has 0 saturated heterocycles. The molecule has 0 heterocycles. The van der Waals surface area contributed by atoms with Crippen LogP contribution in [-0.2, 0) is 14.7 Å². The van der Waals surface area contributed by atoms with Crippen molar-refractivity contribution in [3.05, 3.63) is 71.0 Å². The fourth-order valence-electron chi connectivity index (χ4n) is 6.08. The molecule has 2 N–H and O–H groups in total. The van der Waals surface area contributed by atoms with Crippen LogP contribution in [0, 0.1) is 41.1 Å². The van der Waals surface area contributed by atoms with Crippen LogP contribution in [0.15, 0.2) is 53.0 Å². The van der Waals surface area contributed by atoms with E-state index in [1.54, 1.807) is 0 Å². The first-order valence-corrected chi connectivity index (χ1v) is 13.4. The quantitative estimate of drug-likeness (QED) is 0.166. The molecule has 0 spiro atoms. The maximum Gasteiger partial charge on any atom is 0.255 e. The highest BCUT2D eigenvalue weighted by Crippen LogP contribution is 2.72. The largest absolute Gasteiger partial charge is 0.392 e. The van der Waals surface area contributed by atoms with Crippen LogP contribution in [0.3, 0.4) is 0 Å². The van der Waals surface area contributed by atoms with Crippen LogP contribution in [0.5, 0.6) is 0 Å². The molecule has 0 aliphatic heterocycles. The van der Waals surface area contributed by atoms with Gasteiger partial charge in [-0.3, -0.25) is 4.79 Å². The molecular weight excluding hydrogens is 533 g/mol. The van der Waals surface area contributed by atoms with Crippen LogP contribution in [0.4, 0.5) is 18.9 Å². The van der Waals surface area contributed by atoms with Gasteiger partial charge < -0.3 is 15.3 Å². The number of sulfone groups is 1. The topological polar surface area (TPSA) is 105 Å². The molecule has 4 bridgehead atoms. The van der Waals surface area contributed by atoms with Crippen molar-refractivity contribution >= 4 is 39.2 Å². The van der Waals surface area contributed by atoms with Gasteiger partial charge in [0.05, 0.1) is 21.4 Å². The molecular formula is C25H22ClF3N2O5S. The van der Waals surface area contributed by atoms with Crippen molar-refractivity contribution in [2.75, 3.05) is 11.9 Å². The Bertz CT molecular complexity index is 1410. The molecule has 6 rings (SSSR count). The van der Waals surface area contributed by atoms with Gasteiger partial charge >= 0.3 is 0 Å². The summed E-state index contributed by atoms with van der Waals surface area (Å²) < 4.78 is 68.0. The summed E-state index contributed by atoms with van der Waals surface area (Å²) in [6.45, 7) is 3.66. The molecule has 1 amide bonds. The number of carbonyl (C=O) groups excluding carboxylic acids is 1. The summed E-state index contributed by atoms with van der Waals surface area (Å²) >= 11 is 6.27. The Morgan fingerprint density at radius 3 is 2.62 bits per heavy atom. The van der Waals surface area contributed by atoms with E-state index >= 15 is 0 Å². The van der Waals surface area contributed by atoms with Crippen molar-refractivity contribution in [2.24, 2.45) is 28.8 Å². The van der Waals surface area contributed by atoms with Crippen molar-refractivity contribution < 1.29 is 36.3 Å². The van der Waals surface area contributed by atoms with E-state index in [2.05, 4.69) is 17.1 Å². The van der Waals surface area contributed by atoms with Gasteiger partial charge in [0.15, 0.2) is 27.3 Å². The Morgan fingerprint density at radius 2 is 1.95 bits per heavy atom. The molecule has 7 nitrogen and oxygen atoms in total. The Morgan fingerprint density at radius 1 is 1.24 bits per heavy atom. The van der Waals surface area contributed by atoms with Gasteiger partial charge in [-0.15, -0.1) is 0 Å². The predicted octanol–water partition coefficient (Wildman–Crippen LogP) is 4.36. The summed E-state index contributed by atoms with van der Waals surface area (Å²) in [7, 11) is -4.12. The SMILES string of the molecule is C=CCO/N=C/[C@@]1(O)C2C3CCC1[C@H](S(=O)(=O)c1cc(C(=O)Nc4cc(F)c(F)c(F)c4)ccc1Cl)C32. The lowest BCUT2D eigenvalue weighted by Gasteiger charge is -2.38. The zero-order valence-corrected chi connectivity index (χ0v) is 20.8. The number of hydrogen-bond acceptors (Lipinski definition) is 6. The van der Waals surface area contributed by atoms with Gasteiger partial charge in [-0.1, -0.05) is 29.4 Å². The van der Waals surface area contributed by atoms with Crippen molar-refractivity contribution in [1.29, 1.82) is 0 Å². The fourth-order valence-corrected chi connectivity index (χ4v) is 9.02. The molecule has 4 saturated carbocycles. The van der Waals surface area contributed by atoms with E-state index in [0.29, 0.717) is 18.6 Å². The molecule has 12 heteroatoms. The molecule has 4 fully saturated rings. The van der Waals surface area contributed by atoms with E-state index in [4.69, 9.17) is 16.4 Å². The number of nitrogens with zero attached hydrogens (tertiary/aromatic N) is 1. The van der Waals surface area contributed by atoms with E-state index < -0.39 is 50.0 Å². The maximum absolute atomic E-state index is 13.8. The third-order valence-electron chi connectivity index (χ3n) is 7.57. The van der Waals surface area contributed by atoms with Gasteiger partial charge in [-0.2, -0.15) is 0 Å². The third-order valence-corrected chi connectivity index (χ3v) is 10.3. The Balaban J connectivity index is 1.43. The van der Waals surface area contributed by atoms with Crippen molar-refractivity contribution in [1.82, 2.24) is 0 Å². The maximum atomic E-state index is 13.8. The minimum absolute atomic E-state index is 0.00848. The lowest BCUT2D eigenvalue weighted by Crippen LogP contribution is -2.49. The van der Waals surface area contributed by atoms with E-state index in [1.165, 1.54) is 24.4 Å². The lowest BCUT2D eigenvalue weighted by atomic mass is 9.75. The zero-order chi connectivity index (χ0) is 26.7. The number of anilines is 1. The number of nitrogens with one attached hydrogen (secondary N) is 1. The Labute approximate surface area is 215 Å². The Kier molecular flexibility index (Phi) is 6.36. The van der Waals surface area contributed by atoms with Gasteiger partial charge in [0.25, 0.3) is 5.91 Å². The van der Waals surface area contributed by atoms with E-state index in [1.807, 2.05) is 0 Å². The first-order valence-electron chi connectivity index (χ1n) is 11.5. The van der Waals surface area contributed by atoms with Crippen molar-refractivity contribution in [2.45, 2.75) is 28.6 Å². The third kappa shape index (κ3) is 4.13. The summed E-state index contributed by atoms with van der Waals surface area (Å²) in [5.74, 6) is -6.75. The fraction of sp³-hybridized carbons (Fsp3) is 0.360. The van der Waals surface area contributed by atoms with Crippen LogP contribution in [0.1, 0.15) is 23.2 Å². The predicted molar refractivity (Wildman–Crippen MR) is 129 cm³/mol. The second-order valence-electron chi connectivity index (χ2n) is 9.52. The lowest BCUT2D eigenvalue weighted by molar-refractivity contribution is 0.0152. The molecule has 2 aromatic carbocycles. The highest BCUT2D eigenvalue weighted by atomic mass is 35.5.